The molecule has 29 heavy (non-hydrogen) atoms. The second-order valence-corrected chi connectivity index (χ2v) is 6.79. The van der Waals surface area contributed by atoms with Crippen molar-refractivity contribution >= 4 is 22.8 Å². The Kier molecular flexibility index (Phi) is 5.63. The summed E-state index contributed by atoms with van der Waals surface area (Å²) in [6.07, 6.45) is 0.0416. The lowest BCUT2D eigenvalue weighted by Crippen LogP contribution is -2.52. The molecule has 3 rings (SSSR count). The molecule has 1 amide bonds. The Hall–Kier alpha value is -3.68. The molecule has 8 nitrogen and oxygen atoms in total. The van der Waals surface area contributed by atoms with Gasteiger partial charge in [0.1, 0.15) is 6.04 Å². The second-order valence-electron chi connectivity index (χ2n) is 6.79. The van der Waals surface area contributed by atoms with E-state index in [-0.39, 0.29) is 11.8 Å². The fourth-order valence-electron chi connectivity index (χ4n) is 3.21. The van der Waals surface area contributed by atoms with E-state index in [1.54, 1.807) is 54.6 Å². The third kappa shape index (κ3) is 3.96. The number of para-hydroxylation sites is 1. The molecule has 150 valence electrons. The van der Waals surface area contributed by atoms with Crippen LogP contribution in [0.4, 0.5) is 0 Å². The molecule has 0 fully saturated rings. The lowest BCUT2D eigenvalue weighted by molar-refractivity contribution is -0.307. The number of carboxylic acids is 1. The molecule has 3 aromatic rings. The molecule has 0 aliphatic carbocycles. The van der Waals surface area contributed by atoms with Crippen molar-refractivity contribution in [1.82, 2.24) is 14.5 Å². The first kappa shape index (κ1) is 20.1. The molecule has 0 bridgehead atoms. The molecule has 0 saturated heterocycles. The van der Waals surface area contributed by atoms with E-state index in [1.165, 1.54) is 18.5 Å². The van der Waals surface area contributed by atoms with E-state index in [0.717, 1.165) is 10.1 Å². The summed E-state index contributed by atoms with van der Waals surface area (Å²) in [6.45, 7) is 1.26. The zero-order chi connectivity index (χ0) is 21.1. The van der Waals surface area contributed by atoms with Gasteiger partial charge in [0, 0.05) is 13.5 Å². The minimum Gasteiger partial charge on any atom is -0.548 e. The maximum atomic E-state index is 13.1. The van der Waals surface area contributed by atoms with Crippen LogP contribution in [0.1, 0.15) is 18.5 Å². The van der Waals surface area contributed by atoms with E-state index < -0.39 is 35.2 Å². The van der Waals surface area contributed by atoms with Crippen LogP contribution in [0.15, 0.2) is 64.2 Å². The van der Waals surface area contributed by atoms with Gasteiger partial charge in [-0.15, -0.1) is 0 Å². The smallest absolute Gasteiger partial charge is 0.331 e. The zero-order valence-electron chi connectivity index (χ0n) is 16.0. The summed E-state index contributed by atoms with van der Waals surface area (Å²) < 4.78 is 2.18. The summed E-state index contributed by atoms with van der Waals surface area (Å²) in [5.74, 6) is -2.21. The third-order valence-electron chi connectivity index (χ3n) is 4.81. The number of carboxylic acid groups (broad SMARTS) is 1. The fourth-order valence-corrected chi connectivity index (χ4v) is 3.21. The highest BCUT2D eigenvalue weighted by molar-refractivity contribution is 5.86. The predicted octanol–water partition coefficient (Wildman–Crippen LogP) is -0.261. The van der Waals surface area contributed by atoms with Crippen molar-refractivity contribution in [3.63, 3.8) is 0 Å². The van der Waals surface area contributed by atoms with Crippen LogP contribution in [0.2, 0.25) is 0 Å². The Morgan fingerprint density at radius 3 is 2.31 bits per heavy atom. The van der Waals surface area contributed by atoms with Crippen LogP contribution in [0.3, 0.4) is 0 Å². The van der Waals surface area contributed by atoms with E-state index in [2.05, 4.69) is 5.32 Å². The Morgan fingerprint density at radius 1 is 1.03 bits per heavy atom. The van der Waals surface area contributed by atoms with E-state index in [9.17, 15) is 24.3 Å². The number of carbonyl (C=O) groups excluding carboxylic acids is 2. The standard InChI is InChI=1S/C21H21N3O5/c1-13(20(27)28)22-18(25)17(12-14-8-4-3-5-9-14)24-19(26)15-10-6-7-11-16(15)23(2)21(24)29/h3-11,13,17H,12H2,1-2H3,(H,22,25)(H,27,28)/p-1/t13-,17-/m0/s1. The Morgan fingerprint density at radius 2 is 1.66 bits per heavy atom. The largest absolute Gasteiger partial charge is 0.548 e. The van der Waals surface area contributed by atoms with Crippen LogP contribution in [0.25, 0.3) is 10.9 Å². The maximum Gasteiger partial charge on any atom is 0.331 e. The van der Waals surface area contributed by atoms with Crippen molar-refractivity contribution in [2.45, 2.75) is 25.4 Å². The summed E-state index contributed by atoms with van der Waals surface area (Å²) >= 11 is 0. The number of benzene rings is 2. The van der Waals surface area contributed by atoms with Gasteiger partial charge in [-0.1, -0.05) is 42.5 Å². The monoisotopic (exact) mass is 394 g/mol. The Labute approximate surface area is 166 Å². The average Bonchev–Trinajstić information content (AvgIpc) is 2.72. The molecular formula is C21H20N3O5-. The highest BCUT2D eigenvalue weighted by atomic mass is 16.4. The van der Waals surface area contributed by atoms with Crippen molar-refractivity contribution < 1.29 is 14.7 Å². The topological polar surface area (TPSA) is 113 Å². The number of fused-ring (bicyclic) bond motifs is 1. The first-order chi connectivity index (χ1) is 13.8. The maximum absolute atomic E-state index is 13.1. The summed E-state index contributed by atoms with van der Waals surface area (Å²) in [5.41, 5.74) is -0.108. The average molecular weight is 394 g/mol. The molecule has 0 aliphatic heterocycles. The first-order valence-corrected chi connectivity index (χ1v) is 9.06. The number of carbonyl (C=O) groups is 2. The molecule has 2 atom stereocenters. The summed E-state index contributed by atoms with van der Waals surface area (Å²) in [7, 11) is 1.52. The number of nitrogens with zero attached hydrogens (tertiary/aromatic N) is 2. The molecule has 1 aromatic heterocycles. The quantitative estimate of drug-likeness (QED) is 0.619. The van der Waals surface area contributed by atoms with E-state index in [4.69, 9.17) is 0 Å². The number of nitrogens with one attached hydrogen (secondary N) is 1. The highest BCUT2D eigenvalue weighted by Crippen LogP contribution is 2.14. The normalized spacial score (nSPS) is 13.0. The number of amides is 1. The number of aliphatic carboxylic acids is 1. The molecule has 0 saturated carbocycles. The van der Waals surface area contributed by atoms with Crippen LogP contribution >= 0.6 is 0 Å². The minimum absolute atomic E-state index is 0.0416. The second kappa shape index (κ2) is 8.14. The Balaban J connectivity index is 2.18. The first-order valence-electron chi connectivity index (χ1n) is 9.06. The van der Waals surface area contributed by atoms with Crippen molar-refractivity contribution in [3.05, 3.63) is 81.0 Å². The van der Waals surface area contributed by atoms with Gasteiger partial charge in [-0.3, -0.25) is 14.2 Å². The van der Waals surface area contributed by atoms with Crippen LogP contribution in [0.5, 0.6) is 0 Å². The summed E-state index contributed by atoms with van der Waals surface area (Å²) in [6, 6.07) is 13.0. The van der Waals surface area contributed by atoms with Gasteiger partial charge in [-0.05, 0) is 24.6 Å². The number of aromatic nitrogens is 2. The number of hydrogen-bond donors (Lipinski definition) is 1. The SMILES string of the molecule is C[C@H](NC(=O)[C@H](Cc1ccccc1)n1c(=O)c2ccccc2n(C)c1=O)C(=O)[O-]. The molecule has 2 aromatic carbocycles. The van der Waals surface area contributed by atoms with Crippen LogP contribution in [-0.2, 0) is 23.1 Å². The van der Waals surface area contributed by atoms with E-state index in [0.29, 0.717) is 5.52 Å². The van der Waals surface area contributed by atoms with E-state index >= 15 is 0 Å². The molecule has 1 heterocycles. The van der Waals surface area contributed by atoms with Crippen molar-refractivity contribution in [1.29, 1.82) is 0 Å². The number of rotatable bonds is 6. The van der Waals surface area contributed by atoms with Gasteiger partial charge in [0.15, 0.2) is 0 Å². The third-order valence-corrected chi connectivity index (χ3v) is 4.81. The number of aryl methyl sites for hydroxylation is 1. The molecule has 8 heteroatoms. The van der Waals surface area contributed by atoms with E-state index in [1.807, 2.05) is 0 Å². The van der Waals surface area contributed by atoms with Gasteiger partial charge >= 0.3 is 5.69 Å². The molecular weight excluding hydrogens is 374 g/mol. The summed E-state index contributed by atoms with van der Waals surface area (Å²) in [5, 5.41) is 13.7. The number of hydrogen-bond acceptors (Lipinski definition) is 5. The van der Waals surface area contributed by atoms with Crippen LogP contribution in [0, 0.1) is 0 Å². The molecule has 0 spiro atoms. The highest BCUT2D eigenvalue weighted by Gasteiger charge is 2.27. The van der Waals surface area contributed by atoms with Gasteiger partial charge in [-0.2, -0.15) is 0 Å². The predicted molar refractivity (Wildman–Crippen MR) is 105 cm³/mol. The van der Waals surface area contributed by atoms with Gasteiger partial charge in [-0.25, -0.2) is 9.36 Å². The van der Waals surface area contributed by atoms with Gasteiger partial charge < -0.3 is 15.2 Å². The summed E-state index contributed by atoms with van der Waals surface area (Å²) in [4.78, 5) is 50.0. The minimum atomic E-state index is -1.46. The van der Waals surface area contributed by atoms with Gasteiger partial charge in [0.2, 0.25) is 5.91 Å². The van der Waals surface area contributed by atoms with Gasteiger partial charge in [0.05, 0.1) is 22.9 Å². The Bertz CT molecular complexity index is 1180. The van der Waals surface area contributed by atoms with Crippen molar-refractivity contribution in [3.8, 4) is 0 Å². The van der Waals surface area contributed by atoms with Crippen molar-refractivity contribution in [2.24, 2.45) is 7.05 Å². The van der Waals surface area contributed by atoms with Crippen LogP contribution < -0.4 is 21.7 Å². The molecule has 0 radical (unpaired) electrons. The van der Waals surface area contributed by atoms with Crippen LogP contribution in [-0.4, -0.2) is 27.1 Å². The van der Waals surface area contributed by atoms with Gasteiger partial charge in [0.25, 0.3) is 5.56 Å². The van der Waals surface area contributed by atoms with Crippen molar-refractivity contribution in [2.75, 3.05) is 0 Å². The molecule has 0 unspecified atom stereocenters. The molecule has 0 aliphatic rings. The zero-order valence-corrected chi connectivity index (χ0v) is 16.0. The lowest BCUT2D eigenvalue weighted by atomic mass is 10.0. The fraction of sp³-hybridized carbons (Fsp3) is 0.238. The lowest BCUT2D eigenvalue weighted by Gasteiger charge is -2.23. The molecule has 1 N–H and O–H groups in total.